The number of thioether (sulfide) groups is 1. The first-order valence-electron chi connectivity index (χ1n) is 9.33. The summed E-state index contributed by atoms with van der Waals surface area (Å²) in [6, 6.07) is 17.3. The number of amides is 1. The number of nitrogens with one attached hydrogen (secondary N) is 1. The zero-order valence-electron chi connectivity index (χ0n) is 16.1. The van der Waals surface area contributed by atoms with Crippen LogP contribution in [-0.2, 0) is 11.3 Å². The maximum Gasteiger partial charge on any atom is 0.272 e. The van der Waals surface area contributed by atoms with Crippen molar-refractivity contribution in [2.75, 3.05) is 11.1 Å². The lowest BCUT2D eigenvalue weighted by Crippen LogP contribution is -2.22. The van der Waals surface area contributed by atoms with E-state index in [2.05, 4.69) is 10.3 Å². The third kappa shape index (κ3) is 4.29. The second kappa shape index (κ2) is 8.81. The van der Waals surface area contributed by atoms with Gasteiger partial charge in [-0.3, -0.25) is 14.2 Å². The molecule has 2 aromatic heterocycles. The van der Waals surface area contributed by atoms with Crippen LogP contribution in [0.3, 0.4) is 0 Å². The molecule has 2 heterocycles. The molecule has 0 aliphatic rings. The molecule has 8 heteroatoms. The number of hydrogen-bond acceptors (Lipinski definition) is 5. The van der Waals surface area contributed by atoms with Crippen LogP contribution >= 0.6 is 23.1 Å². The number of benzene rings is 2. The number of halogens is 1. The van der Waals surface area contributed by atoms with E-state index >= 15 is 0 Å². The van der Waals surface area contributed by atoms with Crippen LogP contribution in [-0.4, -0.2) is 21.2 Å². The van der Waals surface area contributed by atoms with Gasteiger partial charge in [-0.1, -0.05) is 42.1 Å². The first-order chi connectivity index (χ1) is 14.5. The molecule has 0 aliphatic heterocycles. The molecule has 0 bridgehead atoms. The zero-order chi connectivity index (χ0) is 21.1. The highest BCUT2D eigenvalue weighted by Gasteiger charge is 2.15. The van der Waals surface area contributed by atoms with Crippen molar-refractivity contribution in [1.82, 2.24) is 9.55 Å². The van der Waals surface area contributed by atoms with Crippen molar-refractivity contribution in [2.45, 2.75) is 18.6 Å². The van der Waals surface area contributed by atoms with Gasteiger partial charge in [0.05, 0.1) is 11.3 Å². The lowest BCUT2D eigenvalue weighted by molar-refractivity contribution is -0.113. The molecule has 4 aromatic rings. The Labute approximate surface area is 180 Å². The van der Waals surface area contributed by atoms with E-state index in [0.717, 1.165) is 10.4 Å². The van der Waals surface area contributed by atoms with Crippen LogP contribution in [0.5, 0.6) is 0 Å². The lowest BCUT2D eigenvalue weighted by Gasteiger charge is -2.10. The molecule has 152 valence electrons. The Morgan fingerprint density at radius 3 is 2.60 bits per heavy atom. The molecule has 5 nitrogen and oxygen atoms in total. The summed E-state index contributed by atoms with van der Waals surface area (Å²) in [5.41, 5.74) is 2.09. The van der Waals surface area contributed by atoms with Gasteiger partial charge in [-0.15, -0.1) is 11.3 Å². The molecular formula is C22H18FN3O2S2. The third-order valence-corrected chi connectivity index (χ3v) is 6.57. The van der Waals surface area contributed by atoms with Crippen LogP contribution < -0.4 is 10.9 Å². The summed E-state index contributed by atoms with van der Waals surface area (Å²) in [6.07, 6.45) is 0. The molecule has 0 atom stereocenters. The van der Waals surface area contributed by atoms with Gasteiger partial charge in [0.1, 0.15) is 10.5 Å². The van der Waals surface area contributed by atoms with E-state index in [1.165, 1.54) is 47.4 Å². The molecule has 0 saturated heterocycles. The number of carbonyl (C=O) groups excluding carboxylic acids is 1. The second-order valence-electron chi connectivity index (χ2n) is 6.48. The minimum Gasteiger partial charge on any atom is -0.325 e. The summed E-state index contributed by atoms with van der Waals surface area (Å²) in [5, 5.41) is 3.22. The minimum atomic E-state index is -0.363. The minimum absolute atomic E-state index is 0.0883. The van der Waals surface area contributed by atoms with Gasteiger partial charge in [-0.2, -0.15) is 0 Å². The Bertz CT molecular complexity index is 1250. The van der Waals surface area contributed by atoms with Gasteiger partial charge in [0.2, 0.25) is 5.91 Å². The Morgan fingerprint density at radius 2 is 1.90 bits per heavy atom. The number of carbonyl (C=O) groups is 1. The van der Waals surface area contributed by atoms with E-state index in [1.807, 2.05) is 43.3 Å². The number of anilines is 1. The Kier molecular flexibility index (Phi) is 5.96. The fourth-order valence-corrected chi connectivity index (χ4v) is 4.90. The maximum absolute atomic E-state index is 13.0. The predicted molar refractivity (Wildman–Crippen MR) is 121 cm³/mol. The molecule has 0 fully saturated rings. The molecular weight excluding hydrogens is 421 g/mol. The van der Waals surface area contributed by atoms with Gasteiger partial charge >= 0.3 is 0 Å². The lowest BCUT2D eigenvalue weighted by atomic mass is 10.2. The number of rotatable bonds is 6. The fourth-order valence-electron chi connectivity index (χ4n) is 2.98. The molecule has 2 aromatic carbocycles. The van der Waals surface area contributed by atoms with Crippen molar-refractivity contribution in [3.63, 3.8) is 0 Å². The number of fused-ring (bicyclic) bond motifs is 1. The molecule has 0 aliphatic carbocycles. The summed E-state index contributed by atoms with van der Waals surface area (Å²) in [6.45, 7) is 2.34. The van der Waals surface area contributed by atoms with E-state index in [1.54, 1.807) is 4.57 Å². The molecule has 0 saturated carbocycles. The van der Waals surface area contributed by atoms with Crippen LogP contribution in [0.25, 0.3) is 20.7 Å². The summed E-state index contributed by atoms with van der Waals surface area (Å²) in [5.74, 6) is -0.526. The second-order valence-corrected chi connectivity index (χ2v) is 8.47. The number of nitrogens with zero attached hydrogens (tertiary/aromatic N) is 2. The van der Waals surface area contributed by atoms with Crippen LogP contribution in [0, 0.1) is 5.82 Å². The smallest absolute Gasteiger partial charge is 0.272 e. The van der Waals surface area contributed by atoms with Gasteiger partial charge in [0.15, 0.2) is 5.16 Å². The monoisotopic (exact) mass is 439 g/mol. The molecule has 30 heavy (non-hydrogen) atoms. The summed E-state index contributed by atoms with van der Waals surface area (Å²) in [4.78, 5) is 30.9. The van der Waals surface area contributed by atoms with Crippen molar-refractivity contribution in [3.05, 3.63) is 76.8 Å². The van der Waals surface area contributed by atoms with Crippen molar-refractivity contribution in [2.24, 2.45) is 0 Å². The van der Waals surface area contributed by atoms with Crippen LogP contribution in [0.1, 0.15) is 6.92 Å². The van der Waals surface area contributed by atoms with E-state index in [-0.39, 0.29) is 23.0 Å². The van der Waals surface area contributed by atoms with Crippen molar-refractivity contribution in [1.29, 1.82) is 0 Å². The predicted octanol–water partition coefficient (Wildman–Crippen LogP) is 5.01. The number of thiophene rings is 1. The van der Waals surface area contributed by atoms with Gasteiger partial charge in [0.25, 0.3) is 5.56 Å². The highest BCUT2D eigenvalue weighted by atomic mass is 32.2. The third-order valence-electron chi connectivity index (χ3n) is 4.43. The van der Waals surface area contributed by atoms with Crippen molar-refractivity contribution < 1.29 is 9.18 Å². The fraction of sp³-hybridized carbons (Fsp3) is 0.136. The molecule has 4 rings (SSSR count). The van der Waals surface area contributed by atoms with Gasteiger partial charge in [-0.05, 0) is 42.8 Å². The normalized spacial score (nSPS) is 11.0. The first kappa shape index (κ1) is 20.3. The topological polar surface area (TPSA) is 64.0 Å². The van der Waals surface area contributed by atoms with E-state index in [0.29, 0.717) is 27.6 Å². The Hall–Kier alpha value is -2.97. The Balaban J connectivity index is 1.58. The van der Waals surface area contributed by atoms with E-state index < -0.39 is 0 Å². The summed E-state index contributed by atoms with van der Waals surface area (Å²) in [7, 11) is 0. The van der Waals surface area contributed by atoms with Crippen molar-refractivity contribution >= 4 is 44.9 Å². The Morgan fingerprint density at radius 1 is 1.17 bits per heavy atom. The van der Waals surface area contributed by atoms with Gasteiger partial charge in [-0.25, -0.2) is 9.37 Å². The molecule has 1 N–H and O–H groups in total. The highest BCUT2D eigenvalue weighted by molar-refractivity contribution is 7.99. The van der Waals surface area contributed by atoms with Crippen LogP contribution in [0.4, 0.5) is 10.1 Å². The largest absolute Gasteiger partial charge is 0.325 e. The average Bonchev–Trinajstić information content (AvgIpc) is 3.19. The molecule has 0 unspecified atom stereocenters. The van der Waals surface area contributed by atoms with Crippen LogP contribution in [0.15, 0.2) is 70.6 Å². The molecule has 0 radical (unpaired) electrons. The standard InChI is InChI=1S/C22H18FN3O2S2/c1-2-26-21(28)20-17(12-18(30-20)14-6-4-3-5-7-14)25-22(26)29-13-19(27)24-16-10-8-15(23)9-11-16/h3-12H,2,13H2,1H3,(H,24,27). The van der Waals surface area contributed by atoms with E-state index in [4.69, 9.17) is 0 Å². The van der Waals surface area contributed by atoms with E-state index in [9.17, 15) is 14.0 Å². The van der Waals surface area contributed by atoms with Crippen molar-refractivity contribution in [3.8, 4) is 10.4 Å². The highest BCUT2D eigenvalue weighted by Crippen LogP contribution is 2.32. The van der Waals surface area contributed by atoms with Gasteiger partial charge in [0, 0.05) is 17.1 Å². The van der Waals surface area contributed by atoms with Gasteiger partial charge < -0.3 is 5.32 Å². The number of aromatic nitrogens is 2. The maximum atomic E-state index is 13.0. The quantitative estimate of drug-likeness (QED) is 0.339. The summed E-state index contributed by atoms with van der Waals surface area (Å²) < 4.78 is 15.2. The number of hydrogen-bond donors (Lipinski definition) is 1. The average molecular weight is 440 g/mol. The molecule has 1 amide bonds. The first-order valence-corrected chi connectivity index (χ1v) is 11.1. The van der Waals surface area contributed by atoms with Crippen LogP contribution in [0.2, 0.25) is 0 Å². The molecule has 0 spiro atoms. The zero-order valence-corrected chi connectivity index (χ0v) is 17.7. The SMILES string of the molecule is CCn1c(SCC(=O)Nc2ccc(F)cc2)nc2cc(-c3ccccc3)sc2c1=O. The summed E-state index contributed by atoms with van der Waals surface area (Å²) >= 11 is 2.63.